The lowest BCUT2D eigenvalue weighted by atomic mass is 10.2. The number of anilines is 2. The van der Waals surface area contributed by atoms with Crippen LogP contribution in [0, 0.1) is 5.82 Å². The maximum Gasteiger partial charge on any atom is 0.259 e. The number of hydrogen-bond donors (Lipinski definition) is 2. The molecule has 0 aromatic carbocycles. The Morgan fingerprint density at radius 1 is 1.58 bits per heavy atom. The van der Waals surface area contributed by atoms with Gasteiger partial charge in [0.25, 0.3) is 5.91 Å². The molecule has 2 aromatic rings. The highest BCUT2D eigenvalue weighted by Gasteiger charge is 2.15. The van der Waals surface area contributed by atoms with Crippen molar-refractivity contribution in [2.24, 2.45) is 7.05 Å². The number of nitrogens with two attached hydrogens (primary N) is 1. The minimum Gasteiger partial charge on any atom is -0.383 e. The van der Waals surface area contributed by atoms with Crippen LogP contribution in [-0.2, 0) is 13.5 Å². The molecule has 0 saturated heterocycles. The van der Waals surface area contributed by atoms with Crippen LogP contribution in [0.4, 0.5) is 15.9 Å². The molecule has 100 valence electrons. The summed E-state index contributed by atoms with van der Waals surface area (Å²) in [5.74, 6) is -1.13. The van der Waals surface area contributed by atoms with Gasteiger partial charge in [-0.15, -0.1) is 0 Å². The molecule has 6 nitrogen and oxygen atoms in total. The van der Waals surface area contributed by atoms with Crippen LogP contribution in [-0.4, -0.2) is 20.7 Å². The normalized spacial score (nSPS) is 10.5. The first-order valence-electron chi connectivity index (χ1n) is 5.76. The van der Waals surface area contributed by atoms with Gasteiger partial charge in [0.2, 0.25) is 0 Å². The fourth-order valence-corrected chi connectivity index (χ4v) is 1.72. The molecule has 2 aromatic heterocycles. The predicted octanol–water partition coefficient (Wildman–Crippen LogP) is 1.35. The molecule has 0 aliphatic heterocycles. The average Bonchev–Trinajstić information content (AvgIpc) is 2.72. The van der Waals surface area contributed by atoms with E-state index < -0.39 is 11.7 Å². The standard InChI is InChI=1S/C12H14FN5O/c1-3-9-10(6-18(2)17-9)16-12(19)8-4-7(13)5-15-11(8)14/h4-6H,3H2,1-2H3,(H2,14,15)(H,16,19). The molecule has 0 aliphatic rings. The first kappa shape index (κ1) is 13.0. The van der Waals surface area contributed by atoms with Crippen molar-refractivity contribution in [1.29, 1.82) is 0 Å². The second kappa shape index (κ2) is 5.05. The molecule has 2 rings (SSSR count). The third-order valence-electron chi connectivity index (χ3n) is 2.62. The summed E-state index contributed by atoms with van der Waals surface area (Å²) in [6.45, 7) is 1.93. The number of halogens is 1. The molecule has 0 saturated carbocycles. The Morgan fingerprint density at radius 3 is 3.00 bits per heavy atom. The lowest BCUT2D eigenvalue weighted by Gasteiger charge is -2.06. The molecule has 0 radical (unpaired) electrons. The fourth-order valence-electron chi connectivity index (χ4n) is 1.72. The number of nitrogens with zero attached hydrogens (tertiary/aromatic N) is 3. The molecule has 0 bridgehead atoms. The van der Waals surface area contributed by atoms with Gasteiger partial charge in [0, 0.05) is 13.2 Å². The summed E-state index contributed by atoms with van der Waals surface area (Å²) in [6, 6.07) is 1.06. The van der Waals surface area contributed by atoms with E-state index in [1.807, 2.05) is 6.92 Å². The van der Waals surface area contributed by atoms with Crippen molar-refractivity contribution in [3.8, 4) is 0 Å². The molecule has 3 N–H and O–H groups in total. The van der Waals surface area contributed by atoms with Gasteiger partial charge in [0.15, 0.2) is 0 Å². The lowest BCUT2D eigenvalue weighted by molar-refractivity contribution is 0.102. The average molecular weight is 263 g/mol. The minimum atomic E-state index is -0.610. The highest BCUT2D eigenvalue weighted by atomic mass is 19.1. The van der Waals surface area contributed by atoms with Crippen LogP contribution in [0.2, 0.25) is 0 Å². The van der Waals surface area contributed by atoms with Crippen LogP contribution < -0.4 is 11.1 Å². The van der Waals surface area contributed by atoms with Crippen molar-refractivity contribution in [3.05, 3.63) is 35.5 Å². The third kappa shape index (κ3) is 2.70. The van der Waals surface area contributed by atoms with Crippen LogP contribution in [0.5, 0.6) is 0 Å². The SMILES string of the molecule is CCc1nn(C)cc1NC(=O)c1cc(F)cnc1N. The van der Waals surface area contributed by atoms with Crippen LogP contribution >= 0.6 is 0 Å². The second-order valence-corrected chi connectivity index (χ2v) is 4.06. The fraction of sp³-hybridized carbons (Fsp3) is 0.250. The van der Waals surface area contributed by atoms with Gasteiger partial charge in [-0.05, 0) is 12.5 Å². The van der Waals surface area contributed by atoms with Gasteiger partial charge in [0.05, 0.1) is 23.1 Å². The lowest BCUT2D eigenvalue weighted by Crippen LogP contribution is -2.15. The number of carbonyl (C=O) groups is 1. The smallest absolute Gasteiger partial charge is 0.259 e. The summed E-state index contributed by atoms with van der Waals surface area (Å²) in [6.07, 6.45) is 3.32. The van der Waals surface area contributed by atoms with Crippen LogP contribution in [0.15, 0.2) is 18.5 Å². The quantitative estimate of drug-likeness (QED) is 0.875. The number of carbonyl (C=O) groups excluding carboxylic acids is 1. The van der Waals surface area contributed by atoms with E-state index in [9.17, 15) is 9.18 Å². The topological polar surface area (TPSA) is 85.8 Å². The number of nitrogens with one attached hydrogen (secondary N) is 1. The van der Waals surface area contributed by atoms with Gasteiger partial charge in [-0.1, -0.05) is 6.92 Å². The zero-order chi connectivity index (χ0) is 14.0. The number of hydrogen-bond acceptors (Lipinski definition) is 4. The van der Waals surface area contributed by atoms with Crippen molar-refractivity contribution < 1.29 is 9.18 Å². The van der Waals surface area contributed by atoms with E-state index in [0.717, 1.165) is 18.0 Å². The molecule has 19 heavy (non-hydrogen) atoms. The number of pyridine rings is 1. The third-order valence-corrected chi connectivity index (χ3v) is 2.62. The van der Waals surface area contributed by atoms with E-state index in [4.69, 9.17) is 5.73 Å². The molecule has 0 fully saturated rings. The highest BCUT2D eigenvalue weighted by Crippen LogP contribution is 2.17. The van der Waals surface area contributed by atoms with Crippen molar-refractivity contribution in [2.75, 3.05) is 11.1 Å². The van der Waals surface area contributed by atoms with E-state index in [-0.39, 0.29) is 11.4 Å². The zero-order valence-corrected chi connectivity index (χ0v) is 10.6. The number of aromatic nitrogens is 3. The summed E-state index contributed by atoms with van der Waals surface area (Å²) >= 11 is 0. The van der Waals surface area contributed by atoms with Gasteiger partial charge < -0.3 is 11.1 Å². The van der Waals surface area contributed by atoms with Crippen molar-refractivity contribution in [1.82, 2.24) is 14.8 Å². The number of amides is 1. The minimum absolute atomic E-state index is 0.00547. The van der Waals surface area contributed by atoms with E-state index in [1.54, 1.807) is 17.9 Å². The number of nitrogen functional groups attached to an aromatic ring is 1. The molecule has 2 heterocycles. The molecular formula is C12H14FN5O. The second-order valence-electron chi connectivity index (χ2n) is 4.06. The van der Waals surface area contributed by atoms with E-state index in [1.165, 1.54) is 0 Å². The molecule has 0 spiro atoms. The highest BCUT2D eigenvalue weighted by molar-refractivity contribution is 6.07. The summed E-state index contributed by atoms with van der Waals surface area (Å²) in [7, 11) is 1.76. The summed E-state index contributed by atoms with van der Waals surface area (Å²) in [5.41, 5.74) is 6.90. The van der Waals surface area contributed by atoms with Crippen molar-refractivity contribution in [2.45, 2.75) is 13.3 Å². The first-order chi connectivity index (χ1) is 9.01. The molecule has 0 unspecified atom stereocenters. The van der Waals surface area contributed by atoms with Crippen LogP contribution in [0.1, 0.15) is 23.0 Å². The largest absolute Gasteiger partial charge is 0.383 e. The first-order valence-corrected chi connectivity index (χ1v) is 5.76. The van der Waals surface area contributed by atoms with Gasteiger partial charge in [-0.25, -0.2) is 9.37 Å². The van der Waals surface area contributed by atoms with Gasteiger partial charge in [-0.2, -0.15) is 5.10 Å². The monoisotopic (exact) mass is 263 g/mol. The maximum atomic E-state index is 13.1. The maximum absolute atomic E-state index is 13.1. The molecule has 0 aliphatic carbocycles. The van der Waals surface area contributed by atoms with Crippen molar-refractivity contribution >= 4 is 17.4 Å². The Hall–Kier alpha value is -2.44. The zero-order valence-electron chi connectivity index (χ0n) is 10.6. The van der Waals surface area contributed by atoms with Gasteiger partial charge in [-0.3, -0.25) is 9.48 Å². The Morgan fingerprint density at radius 2 is 2.32 bits per heavy atom. The summed E-state index contributed by atoms with van der Waals surface area (Å²) < 4.78 is 14.7. The molecule has 7 heteroatoms. The Bertz CT molecular complexity index is 623. The number of rotatable bonds is 3. The molecule has 1 amide bonds. The van der Waals surface area contributed by atoms with E-state index in [2.05, 4.69) is 15.4 Å². The Labute approximate surface area is 109 Å². The van der Waals surface area contributed by atoms with Gasteiger partial charge in [0.1, 0.15) is 11.6 Å². The summed E-state index contributed by atoms with van der Waals surface area (Å²) in [5, 5.41) is 6.85. The number of aryl methyl sites for hydroxylation is 2. The summed E-state index contributed by atoms with van der Waals surface area (Å²) in [4.78, 5) is 15.6. The van der Waals surface area contributed by atoms with Crippen molar-refractivity contribution in [3.63, 3.8) is 0 Å². The Balaban J connectivity index is 2.27. The molecule has 0 atom stereocenters. The Kier molecular flexibility index (Phi) is 3.46. The van der Waals surface area contributed by atoms with E-state index >= 15 is 0 Å². The van der Waals surface area contributed by atoms with Gasteiger partial charge >= 0.3 is 0 Å². The van der Waals surface area contributed by atoms with Crippen LogP contribution in [0.3, 0.4) is 0 Å². The molecular weight excluding hydrogens is 249 g/mol. The van der Waals surface area contributed by atoms with Crippen LogP contribution in [0.25, 0.3) is 0 Å². The van der Waals surface area contributed by atoms with E-state index in [0.29, 0.717) is 12.1 Å². The predicted molar refractivity (Wildman–Crippen MR) is 69.1 cm³/mol.